The van der Waals surface area contributed by atoms with Crippen LogP contribution >= 0.6 is 11.3 Å². The van der Waals surface area contributed by atoms with Crippen molar-refractivity contribution in [2.75, 3.05) is 19.0 Å². The van der Waals surface area contributed by atoms with Crippen LogP contribution in [0.3, 0.4) is 0 Å². The molecule has 0 atom stereocenters. The van der Waals surface area contributed by atoms with Crippen molar-refractivity contribution in [3.63, 3.8) is 0 Å². The van der Waals surface area contributed by atoms with Crippen LogP contribution in [-0.4, -0.2) is 20.1 Å². The number of hydrogen-bond donors (Lipinski definition) is 2. The van der Waals surface area contributed by atoms with Gasteiger partial charge in [-0.3, -0.25) is 4.79 Å². The maximum Gasteiger partial charge on any atom is 0.211 e. The van der Waals surface area contributed by atoms with Gasteiger partial charge in [-0.1, -0.05) is 12.1 Å². The molecule has 0 unspecified atom stereocenters. The Bertz CT molecular complexity index is 1010. The molecule has 0 aliphatic heterocycles. The number of rotatable bonds is 7. The van der Waals surface area contributed by atoms with E-state index in [0.717, 1.165) is 27.1 Å². The van der Waals surface area contributed by atoms with Crippen molar-refractivity contribution in [2.45, 2.75) is 20.3 Å². The van der Waals surface area contributed by atoms with Crippen LogP contribution in [0.15, 0.2) is 35.7 Å². The summed E-state index contributed by atoms with van der Waals surface area (Å²) >= 11 is 1.62. The highest BCUT2D eigenvalue weighted by atomic mass is 32.1. The average Bonchev–Trinajstić information content (AvgIpc) is 3.10. The van der Waals surface area contributed by atoms with Crippen molar-refractivity contribution in [2.24, 2.45) is 5.73 Å². The van der Waals surface area contributed by atoms with E-state index in [0.29, 0.717) is 41.9 Å². The first-order valence-electron chi connectivity index (χ1n) is 8.96. The van der Waals surface area contributed by atoms with Crippen LogP contribution in [0.25, 0.3) is 22.3 Å². The lowest BCUT2D eigenvalue weighted by molar-refractivity contribution is -0.105. The maximum atomic E-state index is 14.7. The number of halogens is 1. The monoisotopic (exact) mass is 398 g/mol. The van der Waals surface area contributed by atoms with Gasteiger partial charge in [0.15, 0.2) is 0 Å². The van der Waals surface area contributed by atoms with Crippen LogP contribution < -0.4 is 15.8 Å². The number of hydrogen-bond acceptors (Lipinski definition) is 4. The molecule has 0 radical (unpaired) electrons. The molecule has 0 saturated heterocycles. The van der Waals surface area contributed by atoms with E-state index in [1.165, 1.54) is 6.07 Å². The average molecular weight is 399 g/mol. The molecule has 1 amide bonds. The number of ether oxygens (including phenoxy) is 1. The van der Waals surface area contributed by atoms with Gasteiger partial charge in [0.2, 0.25) is 6.41 Å². The second kappa shape index (κ2) is 8.54. The number of anilines is 1. The van der Waals surface area contributed by atoms with Gasteiger partial charge in [0, 0.05) is 16.0 Å². The molecule has 2 aromatic carbocycles. The first-order chi connectivity index (χ1) is 13.5. The van der Waals surface area contributed by atoms with Crippen LogP contribution in [0.2, 0.25) is 0 Å². The smallest absolute Gasteiger partial charge is 0.211 e. The van der Waals surface area contributed by atoms with E-state index in [1.54, 1.807) is 24.5 Å². The second-order valence-electron chi connectivity index (χ2n) is 6.52. The molecular weight excluding hydrogens is 375 g/mol. The van der Waals surface area contributed by atoms with Crippen molar-refractivity contribution >= 4 is 23.4 Å². The highest BCUT2D eigenvalue weighted by molar-refractivity contribution is 7.10. The minimum absolute atomic E-state index is 0.302. The Morgan fingerprint density at radius 1 is 1.21 bits per heavy atom. The molecule has 0 bridgehead atoms. The highest BCUT2D eigenvalue weighted by Crippen LogP contribution is 2.47. The van der Waals surface area contributed by atoms with Crippen LogP contribution in [0, 0.1) is 19.7 Å². The first-order valence-corrected chi connectivity index (χ1v) is 9.84. The molecule has 0 spiro atoms. The number of carbonyl (C=O) groups excluding carboxylic acids is 1. The van der Waals surface area contributed by atoms with Crippen LogP contribution in [0.5, 0.6) is 5.75 Å². The van der Waals surface area contributed by atoms with Gasteiger partial charge in [0.05, 0.1) is 12.8 Å². The van der Waals surface area contributed by atoms with Crippen molar-refractivity contribution in [1.29, 1.82) is 0 Å². The molecule has 4 nitrogen and oxygen atoms in total. The van der Waals surface area contributed by atoms with E-state index < -0.39 is 0 Å². The van der Waals surface area contributed by atoms with E-state index in [2.05, 4.69) is 5.32 Å². The third-order valence-corrected chi connectivity index (χ3v) is 5.64. The molecule has 0 fully saturated rings. The van der Waals surface area contributed by atoms with Gasteiger partial charge in [-0.15, -0.1) is 11.3 Å². The number of amides is 1. The largest absolute Gasteiger partial charge is 0.496 e. The lowest BCUT2D eigenvalue weighted by Crippen LogP contribution is -2.05. The van der Waals surface area contributed by atoms with Gasteiger partial charge in [-0.2, -0.15) is 0 Å². The Labute approximate surface area is 168 Å². The third-order valence-electron chi connectivity index (χ3n) is 4.80. The maximum absolute atomic E-state index is 14.7. The molecule has 0 saturated carbocycles. The minimum atomic E-state index is -0.302. The molecule has 3 rings (SSSR count). The summed E-state index contributed by atoms with van der Waals surface area (Å²) in [5.41, 5.74) is 11.0. The fourth-order valence-electron chi connectivity index (χ4n) is 3.45. The van der Waals surface area contributed by atoms with E-state index in [-0.39, 0.29) is 5.82 Å². The number of carbonyl (C=O) groups is 1. The van der Waals surface area contributed by atoms with Gasteiger partial charge in [0.25, 0.3) is 0 Å². The summed E-state index contributed by atoms with van der Waals surface area (Å²) in [7, 11) is 1.59. The lowest BCUT2D eigenvalue weighted by Gasteiger charge is -2.21. The third kappa shape index (κ3) is 3.66. The van der Waals surface area contributed by atoms with Gasteiger partial charge in [-0.05, 0) is 72.6 Å². The molecule has 3 N–H and O–H groups in total. The molecule has 0 aliphatic carbocycles. The number of benzene rings is 2. The van der Waals surface area contributed by atoms with Crippen molar-refractivity contribution in [1.82, 2.24) is 0 Å². The molecule has 6 heteroatoms. The zero-order valence-corrected chi connectivity index (χ0v) is 17.0. The van der Waals surface area contributed by atoms with Crippen molar-refractivity contribution in [3.05, 3.63) is 57.5 Å². The number of nitrogens with one attached hydrogen (secondary N) is 1. The fourth-order valence-corrected chi connectivity index (χ4v) is 4.16. The standard InChI is InChI=1S/C22H23FN2O2S/c1-13-10-19(27-3)20(16-5-4-15(6-8-24)18(23)11-16)21(22(13)25-12-26)17-7-9-28-14(17)2/h4-5,7,9-12H,6,8,24H2,1-3H3,(H,25,26). The fraction of sp³-hybridized carbons (Fsp3) is 0.227. The molecule has 0 aliphatic rings. The summed E-state index contributed by atoms with van der Waals surface area (Å²) in [5, 5.41) is 4.82. The predicted octanol–water partition coefficient (Wildman–Crippen LogP) is 4.92. The number of thiophene rings is 1. The molecule has 3 aromatic rings. The Balaban J connectivity index is 2.36. The zero-order chi connectivity index (χ0) is 20.3. The number of methoxy groups -OCH3 is 1. The Morgan fingerprint density at radius 2 is 2.00 bits per heavy atom. The normalized spacial score (nSPS) is 10.8. The summed E-state index contributed by atoms with van der Waals surface area (Å²) in [6, 6.07) is 9.00. The van der Waals surface area contributed by atoms with Gasteiger partial charge in [-0.25, -0.2) is 4.39 Å². The quantitative estimate of drug-likeness (QED) is 0.556. The Morgan fingerprint density at radius 3 is 2.57 bits per heavy atom. The number of aryl methyl sites for hydroxylation is 2. The minimum Gasteiger partial charge on any atom is -0.496 e. The van der Waals surface area contributed by atoms with Crippen LogP contribution in [0.1, 0.15) is 16.0 Å². The predicted molar refractivity (Wildman–Crippen MR) is 114 cm³/mol. The Hall–Kier alpha value is -2.70. The van der Waals surface area contributed by atoms with E-state index in [1.807, 2.05) is 37.4 Å². The summed E-state index contributed by atoms with van der Waals surface area (Å²) < 4.78 is 20.3. The zero-order valence-electron chi connectivity index (χ0n) is 16.1. The van der Waals surface area contributed by atoms with E-state index >= 15 is 0 Å². The molecule has 146 valence electrons. The molecular formula is C22H23FN2O2S. The lowest BCUT2D eigenvalue weighted by atomic mass is 9.89. The highest BCUT2D eigenvalue weighted by Gasteiger charge is 2.22. The Kier molecular flexibility index (Phi) is 6.11. The van der Waals surface area contributed by atoms with Gasteiger partial charge in [0.1, 0.15) is 11.6 Å². The van der Waals surface area contributed by atoms with Gasteiger partial charge < -0.3 is 15.8 Å². The molecule has 1 heterocycles. The second-order valence-corrected chi connectivity index (χ2v) is 7.64. The summed E-state index contributed by atoms with van der Waals surface area (Å²) in [6.07, 6.45) is 1.14. The summed E-state index contributed by atoms with van der Waals surface area (Å²) in [6.45, 7) is 4.32. The van der Waals surface area contributed by atoms with Crippen LogP contribution in [0.4, 0.5) is 10.1 Å². The summed E-state index contributed by atoms with van der Waals surface area (Å²) in [4.78, 5) is 12.4. The van der Waals surface area contributed by atoms with E-state index in [9.17, 15) is 9.18 Å². The van der Waals surface area contributed by atoms with Crippen LogP contribution in [-0.2, 0) is 11.2 Å². The van der Waals surface area contributed by atoms with Gasteiger partial charge >= 0.3 is 0 Å². The number of nitrogens with two attached hydrogens (primary N) is 1. The van der Waals surface area contributed by atoms with Crippen molar-refractivity contribution in [3.8, 4) is 28.0 Å². The SMILES string of the molecule is COc1cc(C)c(NC=O)c(-c2ccsc2C)c1-c1ccc(CCN)c(F)c1. The molecule has 1 aromatic heterocycles. The van der Waals surface area contributed by atoms with E-state index in [4.69, 9.17) is 10.5 Å². The van der Waals surface area contributed by atoms with Crippen molar-refractivity contribution < 1.29 is 13.9 Å². The topological polar surface area (TPSA) is 64.3 Å². The molecule has 28 heavy (non-hydrogen) atoms. The first kappa shape index (κ1) is 20.0. The summed E-state index contributed by atoms with van der Waals surface area (Å²) in [5.74, 6) is 0.323.